The van der Waals surface area contributed by atoms with E-state index >= 15 is 0 Å². The lowest BCUT2D eigenvalue weighted by Crippen LogP contribution is -2.18. The number of carboxylic acid groups (broad SMARTS) is 1. The Hall–Kier alpha value is -1.66. The van der Waals surface area contributed by atoms with Crippen molar-refractivity contribution in [3.63, 3.8) is 0 Å². The maximum Gasteiger partial charge on any atom is 0.303 e. The van der Waals surface area contributed by atoms with Crippen LogP contribution in [-0.4, -0.2) is 29.4 Å². The van der Waals surface area contributed by atoms with Gasteiger partial charge in [0.25, 0.3) is 0 Å². The van der Waals surface area contributed by atoms with Gasteiger partial charge in [0.2, 0.25) is 0 Å². The molecule has 0 radical (unpaired) electrons. The van der Waals surface area contributed by atoms with E-state index in [1.54, 1.807) is 6.07 Å². The highest BCUT2D eigenvalue weighted by Gasteiger charge is 2.24. The number of aromatic hydroxyl groups is 1. The zero-order chi connectivity index (χ0) is 14.0. The van der Waals surface area contributed by atoms with Crippen molar-refractivity contribution in [3.05, 3.63) is 16.7 Å². The largest absolute Gasteiger partial charge is 0.506 e. The summed E-state index contributed by atoms with van der Waals surface area (Å²) < 4.78 is 10.7. The topological polar surface area (TPSA) is 102 Å². The van der Waals surface area contributed by atoms with Crippen molar-refractivity contribution in [2.75, 3.05) is 13.2 Å². The van der Waals surface area contributed by atoms with Gasteiger partial charge in [-0.3, -0.25) is 4.79 Å². The number of carbonyl (C=O) groups is 1. The third-order valence-electron chi connectivity index (χ3n) is 2.85. The highest BCUT2D eigenvalue weighted by molar-refractivity contribution is 6.34. The fourth-order valence-corrected chi connectivity index (χ4v) is 2.13. The molecule has 0 amide bonds. The summed E-state index contributed by atoms with van der Waals surface area (Å²) in [6.07, 6.45) is 0.103. The quantitative estimate of drug-likeness (QED) is 0.779. The molecule has 7 heteroatoms. The molecule has 1 heterocycles. The second-order valence-electron chi connectivity index (χ2n) is 4.19. The molecule has 104 valence electrons. The second-order valence-corrected chi connectivity index (χ2v) is 4.57. The molecule has 4 N–H and O–H groups in total. The monoisotopic (exact) mass is 287 g/mol. The van der Waals surface area contributed by atoms with Gasteiger partial charge in [-0.15, -0.1) is 0 Å². The highest BCUT2D eigenvalue weighted by atomic mass is 35.5. The van der Waals surface area contributed by atoms with Crippen LogP contribution >= 0.6 is 11.6 Å². The summed E-state index contributed by atoms with van der Waals surface area (Å²) in [6, 6.07) is 0.909. The average Bonchev–Trinajstić information content (AvgIpc) is 2.40. The first kappa shape index (κ1) is 13.8. The van der Waals surface area contributed by atoms with Crippen LogP contribution in [0.3, 0.4) is 0 Å². The van der Waals surface area contributed by atoms with Crippen molar-refractivity contribution in [2.45, 2.75) is 18.9 Å². The third kappa shape index (κ3) is 2.85. The van der Waals surface area contributed by atoms with E-state index in [-0.39, 0.29) is 23.6 Å². The van der Waals surface area contributed by atoms with Crippen molar-refractivity contribution in [1.29, 1.82) is 0 Å². The second kappa shape index (κ2) is 5.54. The zero-order valence-electron chi connectivity index (χ0n) is 10.1. The number of aliphatic carboxylic acids is 1. The maximum absolute atomic E-state index is 10.5. The van der Waals surface area contributed by atoms with Gasteiger partial charge >= 0.3 is 5.97 Å². The van der Waals surface area contributed by atoms with Crippen molar-refractivity contribution in [1.82, 2.24) is 0 Å². The zero-order valence-corrected chi connectivity index (χ0v) is 10.8. The lowest BCUT2D eigenvalue weighted by molar-refractivity contribution is -0.137. The number of benzene rings is 1. The highest BCUT2D eigenvalue weighted by Crippen LogP contribution is 2.46. The van der Waals surface area contributed by atoms with Crippen molar-refractivity contribution < 1.29 is 24.5 Å². The molecule has 0 spiro atoms. The average molecular weight is 288 g/mol. The Labute approximate surface area is 114 Å². The standard InChI is InChI=1S/C12H14ClNO5/c13-10-11(17)6(7(14)1-2-9(15)16)5-8-12(10)19-4-3-18-8/h5,7,17H,1-4,14H2,(H,15,16). The summed E-state index contributed by atoms with van der Waals surface area (Å²) in [5, 5.41) is 18.7. The molecule has 0 saturated carbocycles. The van der Waals surface area contributed by atoms with Gasteiger partial charge in [-0.05, 0) is 12.5 Å². The SMILES string of the molecule is NC(CCC(=O)O)c1cc2c(c(Cl)c1O)OCCO2. The van der Waals surface area contributed by atoms with E-state index in [1.807, 2.05) is 0 Å². The summed E-state index contributed by atoms with van der Waals surface area (Å²) in [7, 11) is 0. The van der Waals surface area contributed by atoms with E-state index in [1.165, 1.54) is 0 Å². The molecule has 0 aliphatic carbocycles. The van der Waals surface area contributed by atoms with Gasteiger partial charge < -0.3 is 25.4 Å². The Morgan fingerprint density at radius 1 is 1.47 bits per heavy atom. The lowest BCUT2D eigenvalue weighted by atomic mass is 10.0. The van der Waals surface area contributed by atoms with Crippen LogP contribution in [0, 0.1) is 0 Å². The first-order valence-corrected chi connectivity index (χ1v) is 6.17. The minimum atomic E-state index is -0.946. The number of hydrogen-bond donors (Lipinski definition) is 3. The third-order valence-corrected chi connectivity index (χ3v) is 3.20. The van der Waals surface area contributed by atoms with E-state index < -0.39 is 12.0 Å². The lowest BCUT2D eigenvalue weighted by Gasteiger charge is -2.23. The molecule has 6 nitrogen and oxygen atoms in total. The molecule has 0 aromatic heterocycles. The van der Waals surface area contributed by atoms with Gasteiger partial charge in [-0.2, -0.15) is 0 Å². The van der Waals surface area contributed by atoms with Crippen molar-refractivity contribution in [3.8, 4) is 17.2 Å². The smallest absolute Gasteiger partial charge is 0.303 e. The molecule has 1 aliphatic rings. The first-order valence-electron chi connectivity index (χ1n) is 5.79. The summed E-state index contributed by atoms with van der Waals surface area (Å²) >= 11 is 6.00. The molecule has 19 heavy (non-hydrogen) atoms. The maximum atomic E-state index is 10.5. The van der Waals surface area contributed by atoms with Gasteiger partial charge in [-0.25, -0.2) is 0 Å². The predicted octanol–water partition coefficient (Wildman–Crippen LogP) is 1.68. The number of halogens is 1. The van der Waals surface area contributed by atoms with Crippen molar-refractivity contribution >= 4 is 17.6 Å². The van der Waals surface area contributed by atoms with E-state index in [9.17, 15) is 9.90 Å². The number of nitrogens with two attached hydrogens (primary N) is 1. The van der Waals surface area contributed by atoms with E-state index in [0.29, 0.717) is 30.3 Å². The summed E-state index contributed by atoms with van der Waals surface area (Å²) in [5.41, 5.74) is 6.22. The van der Waals surface area contributed by atoms with E-state index in [4.69, 9.17) is 31.9 Å². The molecule has 0 bridgehead atoms. The van der Waals surface area contributed by atoms with Crippen LogP contribution in [0.15, 0.2) is 6.07 Å². The van der Waals surface area contributed by atoms with Gasteiger partial charge in [0.05, 0.1) is 0 Å². The Morgan fingerprint density at radius 2 is 2.16 bits per heavy atom. The van der Waals surface area contributed by atoms with Crippen LogP contribution in [0.4, 0.5) is 0 Å². The first-order chi connectivity index (χ1) is 9.00. The van der Waals surface area contributed by atoms with E-state index in [0.717, 1.165) is 0 Å². The van der Waals surface area contributed by atoms with Crippen LogP contribution in [0.5, 0.6) is 17.2 Å². The molecule has 0 fully saturated rings. The minimum Gasteiger partial charge on any atom is -0.506 e. The Morgan fingerprint density at radius 3 is 2.84 bits per heavy atom. The molecule has 1 aromatic rings. The van der Waals surface area contributed by atoms with Crippen LogP contribution < -0.4 is 15.2 Å². The normalized spacial score (nSPS) is 15.1. The molecule has 2 rings (SSSR count). The van der Waals surface area contributed by atoms with E-state index in [2.05, 4.69) is 0 Å². The molecular formula is C12H14ClNO5. The molecule has 1 aliphatic heterocycles. The molecular weight excluding hydrogens is 274 g/mol. The number of carboxylic acids is 1. The Kier molecular flexibility index (Phi) is 4.01. The number of rotatable bonds is 4. The molecule has 1 atom stereocenters. The van der Waals surface area contributed by atoms with Gasteiger partial charge in [0.1, 0.15) is 24.0 Å². The number of fused-ring (bicyclic) bond motifs is 1. The van der Waals surface area contributed by atoms with Crippen LogP contribution in [-0.2, 0) is 4.79 Å². The molecule has 1 unspecified atom stereocenters. The minimum absolute atomic E-state index is 0.0398. The van der Waals surface area contributed by atoms with Crippen LogP contribution in [0.1, 0.15) is 24.4 Å². The summed E-state index contributed by atoms with van der Waals surface area (Å²) in [4.78, 5) is 10.5. The number of phenols is 1. The Bertz CT molecular complexity index is 505. The van der Waals surface area contributed by atoms with Crippen LogP contribution in [0.2, 0.25) is 5.02 Å². The summed E-state index contributed by atoms with van der Waals surface area (Å²) in [5.74, 6) is -0.434. The molecule has 1 aromatic carbocycles. The van der Waals surface area contributed by atoms with Crippen LogP contribution in [0.25, 0.3) is 0 Å². The van der Waals surface area contributed by atoms with Crippen molar-refractivity contribution in [2.24, 2.45) is 5.73 Å². The molecule has 0 saturated heterocycles. The van der Waals surface area contributed by atoms with Gasteiger partial charge in [-0.1, -0.05) is 11.6 Å². The number of ether oxygens (including phenoxy) is 2. The summed E-state index contributed by atoms with van der Waals surface area (Å²) in [6.45, 7) is 0.745. The number of phenolic OH excluding ortho intramolecular Hbond substituents is 1. The van der Waals surface area contributed by atoms with Gasteiger partial charge in [0, 0.05) is 18.0 Å². The predicted molar refractivity (Wildman–Crippen MR) is 67.9 cm³/mol. The van der Waals surface area contributed by atoms with Gasteiger partial charge in [0.15, 0.2) is 11.5 Å². The Balaban J connectivity index is 2.30. The fourth-order valence-electron chi connectivity index (χ4n) is 1.87. The number of hydrogen-bond acceptors (Lipinski definition) is 5. The fraction of sp³-hybridized carbons (Fsp3) is 0.417.